The number of nitrogen functional groups attached to an aromatic ring is 1. The SMILES string of the molecule is Cc1ccc(CNc2cc(F)ccc2N)o1. The van der Waals surface area contributed by atoms with Gasteiger partial charge in [0.15, 0.2) is 0 Å². The van der Waals surface area contributed by atoms with Crippen molar-refractivity contribution >= 4 is 11.4 Å². The van der Waals surface area contributed by atoms with Crippen LogP contribution < -0.4 is 11.1 Å². The van der Waals surface area contributed by atoms with Crippen molar-refractivity contribution in [2.24, 2.45) is 0 Å². The molecule has 0 atom stereocenters. The number of hydrogen-bond donors (Lipinski definition) is 2. The molecule has 0 unspecified atom stereocenters. The summed E-state index contributed by atoms with van der Waals surface area (Å²) in [5.74, 6) is 1.33. The van der Waals surface area contributed by atoms with Gasteiger partial charge in [-0.05, 0) is 37.3 Å². The quantitative estimate of drug-likeness (QED) is 0.782. The molecule has 84 valence electrons. The molecule has 16 heavy (non-hydrogen) atoms. The predicted molar refractivity (Wildman–Crippen MR) is 61.6 cm³/mol. The first-order chi connectivity index (χ1) is 7.65. The minimum absolute atomic E-state index is 0.313. The van der Waals surface area contributed by atoms with E-state index in [1.54, 1.807) is 0 Å². The van der Waals surface area contributed by atoms with Crippen molar-refractivity contribution in [3.63, 3.8) is 0 Å². The van der Waals surface area contributed by atoms with Crippen LogP contribution in [-0.2, 0) is 6.54 Å². The first-order valence-electron chi connectivity index (χ1n) is 4.99. The van der Waals surface area contributed by atoms with Gasteiger partial charge in [-0.15, -0.1) is 0 Å². The summed E-state index contributed by atoms with van der Waals surface area (Å²) in [4.78, 5) is 0. The lowest BCUT2D eigenvalue weighted by atomic mass is 10.2. The Bertz CT molecular complexity index is 494. The zero-order valence-corrected chi connectivity index (χ0v) is 8.96. The molecule has 0 aliphatic carbocycles. The Kier molecular flexibility index (Phi) is 2.81. The standard InChI is InChI=1S/C12H13FN2O/c1-8-2-4-10(16-8)7-15-12-6-9(13)3-5-11(12)14/h2-6,15H,7,14H2,1H3. The van der Waals surface area contributed by atoms with E-state index in [0.717, 1.165) is 11.5 Å². The molecular weight excluding hydrogens is 207 g/mol. The molecule has 0 fully saturated rings. The number of rotatable bonds is 3. The molecular formula is C12H13FN2O. The molecule has 3 N–H and O–H groups in total. The highest BCUT2D eigenvalue weighted by molar-refractivity contribution is 5.65. The Balaban J connectivity index is 2.07. The second-order valence-corrected chi connectivity index (χ2v) is 3.60. The van der Waals surface area contributed by atoms with Crippen molar-refractivity contribution in [2.45, 2.75) is 13.5 Å². The van der Waals surface area contributed by atoms with E-state index in [1.807, 2.05) is 19.1 Å². The third-order valence-electron chi connectivity index (χ3n) is 2.26. The van der Waals surface area contributed by atoms with Crippen molar-refractivity contribution in [1.29, 1.82) is 0 Å². The van der Waals surface area contributed by atoms with E-state index >= 15 is 0 Å². The van der Waals surface area contributed by atoms with Crippen LogP contribution in [0, 0.1) is 12.7 Å². The highest BCUT2D eigenvalue weighted by Crippen LogP contribution is 2.20. The molecule has 0 spiro atoms. The zero-order chi connectivity index (χ0) is 11.5. The Labute approximate surface area is 93.1 Å². The maximum atomic E-state index is 13.0. The number of furan rings is 1. The smallest absolute Gasteiger partial charge is 0.125 e. The molecule has 0 saturated heterocycles. The van der Waals surface area contributed by atoms with Crippen LogP contribution in [0.1, 0.15) is 11.5 Å². The van der Waals surface area contributed by atoms with E-state index in [1.165, 1.54) is 18.2 Å². The largest absolute Gasteiger partial charge is 0.465 e. The lowest BCUT2D eigenvalue weighted by Gasteiger charge is -2.07. The summed E-state index contributed by atoms with van der Waals surface area (Å²) in [7, 11) is 0. The summed E-state index contributed by atoms with van der Waals surface area (Å²) in [6, 6.07) is 7.98. The van der Waals surface area contributed by atoms with Gasteiger partial charge < -0.3 is 15.5 Å². The maximum Gasteiger partial charge on any atom is 0.125 e. The number of hydrogen-bond acceptors (Lipinski definition) is 3. The molecule has 2 aromatic rings. The minimum Gasteiger partial charge on any atom is -0.465 e. The molecule has 4 heteroatoms. The number of halogens is 1. The maximum absolute atomic E-state index is 13.0. The number of nitrogens with one attached hydrogen (secondary N) is 1. The molecule has 3 nitrogen and oxygen atoms in total. The highest BCUT2D eigenvalue weighted by atomic mass is 19.1. The molecule has 0 radical (unpaired) electrons. The van der Waals surface area contributed by atoms with Crippen LogP contribution in [0.5, 0.6) is 0 Å². The lowest BCUT2D eigenvalue weighted by molar-refractivity contribution is 0.490. The van der Waals surface area contributed by atoms with Crippen LogP contribution in [0.4, 0.5) is 15.8 Å². The number of anilines is 2. The normalized spacial score (nSPS) is 10.4. The fourth-order valence-corrected chi connectivity index (χ4v) is 1.44. The summed E-state index contributed by atoms with van der Waals surface area (Å²) in [5, 5.41) is 3.02. The van der Waals surface area contributed by atoms with E-state index < -0.39 is 0 Å². The Morgan fingerprint density at radius 3 is 2.81 bits per heavy atom. The summed E-state index contributed by atoms with van der Waals surface area (Å²) in [5.41, 5.74) is 6.80. The first-order valence-corrected chi connectivity index (χ1v) is 4.99. The van der Waals surface area contributed by atoms with E-state index in [9.17, 15) is 4.39 Å². The predicted octanol–water partition coefficient (Wildman–Crippen LogP) is 2.92. The van der Waals surface area contributed by atoms with Crippen molar-refractivity contribution in [3.8, 4) is 0 Å². The number of benzene rings is 1. The van der Waals surface area contributed by atoms with Crippen molar-refractivity contribution in [3.05, 3.63) is 47.7 Å². The van der Waals surface area contributed by atoms with Gasteiger partial charge in [-0.3, -0.25) is 0 Å². The van der Waals surface area contributed by atoms with Crippen LogP contribution in [0.15, 0.2) is 34.7 Å². The van der Waals surface area contributed by atoms with Gasteiger partial charge in [-0.1, -0.05) is 0 Å². The summed E-state index contributed by atoms with van der Waals surface area (Å²) >= 11 is 0. The molecule has 1 aromatic carbocycles. The fourth-order valence-electron chi connectivity index (χ4n) is 1.44. The van der Waals surface area contributed by atoms with E-state index in [2.05, 4.69) is 5.32 Å². The zero-order valence-electron chi connectivity index (χ0n) is 8.96. The van der Waals surface area contributed by atoms with E-state index in [4.69, 9.17) is 10.2 Å². The minimum atomic E-state index is -0.313. The van der Waals surface area contributed by atoms with Gasteiger partial charge in [0.2, 0.25) is 0 Å². The van der Waals surface area contributed by atoms with Crippen LogP contribution in [0.2, 0.25) is 0 Å². The molecule has 0 aliphatic heterocycles. The molecule has 0 bridgehead atoms. The second kappa shape index (κ2) is 4.26. The third kappa shape index (κ3) is 2.34. The fraction of sp³-hybridized carbons (Fsp3) is 0.167. The molecule has 1 aromatic heterocycles. The van der Waals surface area contributed by atoms with Gasteiger partial charge >= 0.3 is 0 Å². The average molecular weight is 220 g/mol. The summed E-state index contributed by atoms with van der Waals surface area (Å²) in [6.45, 7) is 2.36. The van der Waals surface area contributed by atoms with Gasteiger partial charge in [0.05, 0.1) is 17.9 Å². The molecule has 0 aliphatic rings. The van der Waals surface area contributed by atoms with Crippen LogP contribution in [0.3, 0.4) is 0 Å². The monoisotopic (exact) mass is 220 g/mol. The van der Waals surface area contributed by atoms with Crippen LogP contribution >= 0.6 is 0 Å². The van der Waals surface area contributed by atoms with E-state index in [0.29, 0.717) is 17.9 Å². The van der Waals surface area contributed by atoms with E-state index in [-0.39, 0.29) is 5.82 Å². The average Bonchev–Trinajstić information content (AvgIpc) is 2.66. The third-order valence-corrected chi connectivity index (χ3v) is 2.26. The Morgan fingerprint density at radius 2 is 2.12 bits per heavy atom. The van der Waals surface area contributed by atoms with Gasteiger partial charge in [0.25, 0.3) is 0 Å². The molecule has 0 saturated carbocycles. The van der Waals surface area contributed by atoms with Crippen LogP contribution in [-0.4, -0.2) is 0 Å². The van der Waals surface area contributed by atoms with Crippen molar-refractivity contribution in [1.82, 2.24) is 0 Å². The Hall–Kier alpha value is -1.97. The van der Waals surface area contributed by atoms with Gasteiger partial charge in [-0.25, -0.2) is 4.39 Å². The Morgan fingerprint density at radius 1 is 1.31 bits per heavy atom. The summed E-state index contributed by atoms with van der Waals surface area (Å²) < 4.78 is 18.3. The number of aryl methyl sites for hydroxylation is 1. The first kappa shape index (κ1) is 10.5. The highest BCUT2D eigenvalue weighted by Gasteiger charge is 2.02. The molecule has 1 heterocycles. The van der Waals surface area contributed by atoms with Crippen LogP contribution in [0.25, 0.3) is 0 Å². The topological polar surface area (TPSA) is 51.2 Å². The van der Waals surface area contributed by atoms with Crippen molar-refractivity contribution in [2.75, 3.05) is 11.1 Å². The van der Waals surface area contributed by atoms with Gasteiger partial charge in [0.1, 0.15) is 17.3 Å². The lowest BCUT2D eigenvalue weighted by Crippen LogP contribution is -2.02. The summed E-state index contributed by atoms with van der Waals surface area (Å²) in [6.07, 6.45) is 0. The molecule has 2 rings (SSSR count). The van der Waals surface area contributed by atoms with Gasteiger partial charge in [0, 0.05) is 0 Å². The second-order valence-electron chi connectivity index (χ2n) is 3.60. The molecule has 0 amide bonds. The number of nitrogens with two attached hydrogens (primary N) is 1. The van der Waals surface area contributed by atoms with Gasteiger partial charge in [-0.2, -0.15) is 0 Å². The van der Waals surface area contributed by atoms with Crippen molar-refractivity contribution < 1.29 is 8.81 Å².